The lowest BCUT2D eigenvalue weighted by molar-refractivity contribution is -0.165. The van der Waals surface area contributed by atoms with E-state index in [0.29, 0.717) is 26.1 Å². The Bertz CT molecular complexity index is 1070. The van der Waals surface area contributed by atoms with E-state index in [1.165, 1.54) is 0 Å². The van der Waals surface area contributed by atoms with Crippen molar-refractivity contribution in [3.8, 4) is 0 Å². The fourth-order valence-corrected chi connectivity index (χ4v) is 6.50. The number of nitrogens with zero attached hydrogens (tertiary/aromatic N) is 1. The maximum absolute atomic E-state index is 14.4. The van der Waals surface area contributed by atoms with Gasteiger partial charge < -0.3 is 0 Å². The fraction of sp³-hybridized carbons (Fsp3) is 0.259. The molecule has 3 nitrogen and oxygen atoms in total. The number of ketones is 2. The van der Waals surface area contributed by atoms with Crippen LogP contribution in [0.15, 0.2) is 91.0 Å². The zero-order valence-corrected chi connectivity index (χ0v) is 16.8. The summed E-state index contributed by atoms with van der Waals surface area (Å²) in [6, 6.07) is 30.0. The number of hydrogen-bond acceptors (Lipinski definition) is 3. The molecule has 3 aliphatic heterocycles. The van der Waals surface area contributed by atoms with Crippen molar-refractivity contribution in [1.29, 1.82) is 0 Å². The summed E-state index contributed by atoms with van der Waals surface area (Å²) < 4.78 is 0. The molecule has 1 saturated carbocycles. The molecule has 2 unspecified atom stereocenters. The summed E-state index contributed by atoms with van der Waals surface area (Å²) in [4.78, 5) is 31.1. The summed E-state index contributed by atoms with van der Waals surface area (Å²) in [5.41, 5.74) is 0.459. The predicted octanol–water partition coefficient (Wildman–Crippen LogP) is 3.67. The van der Waals surface area contributed by atoms with E-state index in [9.17, 15) is 9.59 Å². The molecule has 0 spiro atoms. The minimum Gasteiger partial charge on any atom is -0.299 e. The van der Waals surface area contributed by atoms with Gasteiger partial charge in [-0.1, -0.05) is 91.0 Å². The van der Waals surface area contributed by atoms with Gasteiger partial charge in [0, 0.05) is 19.6 Å². The molecule has 3 aromatic rings. The SMILES string of the molecule is O=C1C2(c3ccccc3)CN3CC(c4ccccc4)(C2)C(=O)C1(c1ccccc1)C3. The summed E-state index contributed by atoms with van der Waals surface area (Å²) in [6.07, 6.45) is 0.552. The molecular formula is C27H23NO2. The first-order valence-electron chi connectivity index (χ1n) is 10.6. The molecule has 0 amide bonds. The van der Waals surface area contributed by atoms with E-state index in [1.807, 2.05) is 66.7 Å². The van der Waals surface area contributed by atoms with Crippen LogP contribution < -0.4 is 0 Å². The number of hydrogen-bond donors (Lipinski definition) is 0. The number of carbonyl (C=O) groups excluding carboxylic acids is 2. The van der Waals surface area contributed by atoms with Crippen LogP contribution in [-0.2, 0) is 25.8 Å². The Morgan fingerprint density at radius 1 is 0.533 bits per heavy atom. The van der Waals surface area contributed by atoms with Gasteiger partial charge in [0.25, 0.3) is 0 Å². The van der Waals surface area contributed by atoms with Crippen LogP contribution in [0, 0.1) is 0 Å². The van der Waals surface area contributed by atoms with Crippen molar-refractivity contribution in [2.75, 3.05) is 19.6 Å². The molecule has 4 aliphatic rings. The lowest BCUT2D eigenvalue weighted by atomic mass is 9.42. The number of piperidine rings is 3. The molecule has 7 rings (SSSR count). The van der Waals surface area contributed by atoms with Crippen LogP contribution in [0.4, 0.5) is 0 Å². The molecular weight excluding hydrogens is 370 g/mol. The molecule has 2 atom stereocenters. The van der Waals surface area contributed by atoms with Gasteiger partial charge in [-0.3, -0.25) is 14.5 Å². The topological polar surface area (TPSA) is 37.4 Å². The first kappa shape index (κ1) is 17.8. The fourth-order valence-electron chi connectivity index (χ4n) is 6.50. The Morgan fingerprint density at radius 3 is 1.37 bits per heavy atom. The van der Waals surface area contributed by atoms with Crippen LogP contribution >= 0.6 is 0 Å². The third kappa shape index (κ3) is 2.03. The molecule has 3 heterocycles. The Labute approximate surface area is 176 Å². The summed E-state index contributed by atoms with van der Waals surface area (Å²) >= 11 is 0. The van der Waals surface area contributed by atoms with Gasteiger partial charge in [0.1, 0.15) is 5.41 Å². The van der Waals surface area contributed by atoms with E-state index in [0.717, 1.165) is 16.7 Å². The normalized spacial score (nSPS) is 34.3. The summed E-state index contributed by atoms with van der Waals surface area (Å²) in [5.74, 6) is 0.166. The highest BCUT2D eigenvalue weighted by atomic mass is 16.2. The largest absolute Gasteiger partial charge is 0.299 e. The quantitative estimate of drug-likeness (QED) is 0.637. The zero-order valence-electron chi connectivity index (χ0n) is 16.8. The van der Waals surface area contributed by atoms with E-state index in [-0.39, 0.29) is 11.6 Å². The highest BCUT2D eigenvalue weighted by molar-refractivity contribution is 6.23. The first-order valence-corrected chi connectivity index (χ1v) is 10.6. The molecule has 3 aromatic carbocycles. The van der Waals surface area contributed by atoms with Crippen LogP contribution in [0.3, 0.4) is 0 Å². The highest BCUT2D eigenvalue weighted by Gasteiger charge is 2.74. The van der Waals surface area contributed by atoms with Crippen LogP contribution in [0.2, 0.25) is 0 Å². The van der Waals surface area contributed by atoms with Crippen molar-refractivity contribution in [2.24, 2.45) is 0 Å². The molecule has 4 fully saturated rings. The minimum absolute atomic E-state index is 0.0832. The molecule has 0 radical (unpaired) electrons. The molecule has 148 valence electrons. The first-order chi connectivity index (χ1) is 14.6. The molecule has 0 N–H and O–H groups in total. The number of benzene rings is 3. The molecule has 1 aliphatic carbocycles. The molecule has 3 heteroatoms. The van der Waals surface area contributed by atoms with Crippen molar-refractivity contribution in [2.45, 2.75) is 22.7 Å². The van der Waals surface area contributed by atoms with Crippen LogP contribution in [0.5, 0.6) is 0 Å². The van der Waals surface area contributed by atoms with Crippen molar-refractivity contribution in [3.05, 3.63) is 108 Å². The molecule has 30 heavy (non-hydrogen) atoms. The Kier molecular flexibility index (Phi) is 3.55. The molecule has 3 saturated heterocycles. The standard InChI is InChI=1S/C27H23NO2/c29-23-25(20-10-4-1-5-11-20)16-26(21-12-6-2-7-13-21)18-28(17-25)19-27(23,24(26)30)22-14-8-3-9-15-22/h1-15H,16-19H2. The van der Waals surface area contributed by atoms with Gasteiger partial charge in [-0.05, 0) is 23.1 Å². The van der Waals surface area contributed by atoms with Gasteiger partial charge >= 0.3 is 0 Å². The van der Waals surface area contributed by atoms with Crippen molar-refractivity contribution < 1.29 is 9.59 Å². The lowest BCUT2D eigenvalue weighted by Crippen LogP contribution is -2.81. The average Bonchev–Trinajstić information content (AvgIpc) is 2.82. The second kappa shape index (κ2) is 5.99. The number of carbonyl (C=O) groups is 2. The van der Waals surface area contributed by atoms with Gasteiger partial charge in [-0.25, -0.2) is 0 Å². The van der Waals surface area contributed by atoms with E-state index in [1.54, 1.807) is 0 Å². The maximum atomic E-state index is 14.4. The minimum atomic E-state index is -1.11. The summed E-state index contributed by atoms with van der Waals surface area (Å²) in [7, 11) is 0. The van der Waals surface area contributed by atoms with Crippen molar-refractivity contribution >= 4 is 11.6 Å². The van der Waals surface area contributed by atoms with Gasteiger partial charge in [0.2, 0.25) is 0 Å². The summed E-state index contributed by atoms with van der Waals surface area (Å²) in [6.45, 7) is 1.86. The Morgan fingerprint density at radius 2 is 0.933 bits per heavy atom. The third-order valence-corrected chi connectivity index (χ3v) is 7.62. The maximum Gasteiger partial charge on any atom is 0.164 e. The highest BCUT2D eigenvalue weighted by Crippen LogP contribution is 2.59. The van der Waals surface area contributed by atoms with Gasteiger partial charge in [0.05, 0.1) is 10.8 Å². The number of rotatable bonds is 3. The smallest absolute Gasteiger partial charge is 0.164 e. The number of Topliss-reactive ketones (excluding diaryl/α,β-unsaturated/α-hetero) is 2. The van der Waals surface area contributed by atoms with Crippen LogP contribution in [0.1, 0.15) is 23.1 Å². The van der Waals surface area contributed by atoms with Crippen LogP contribution in [0.25, 0.3) is 0 Å². The van der Waals surface area contributed by atoms with E-state index < -0.39 is 16.2 Å². The molecule has 0 aromatic heterocycles. The van der Waals surface area contributed by atoms with Gasteiger partial charge in [-0.15, -0.1) is 0 Å². The predicted molar refractivity (Wildman–Crippen MR) is 115 cm³/mol. The molecule has 4 bridgehead atoms. The summed E-state index contributed by atoms with van der Waals surface area (Å²) in [5, 5.41) is 0. The zero-order chi connectivity index (χ0) is 20.4. The van der Waals surface area contributed by atoms with Gasteiger partial charge in [-0.2, -0.15) is 0 Å². The second-order valence-electron chi connectivity index (χ2n) is 9.15. The van der Waals surface area contributed by atoms with Crippen molar-refractivity contribution in [3.63, 3.8) is 0 Å². The van der Waals surface area contributed by atoms with E-state index in [2.05, 4.69) is 29.2 Å². The van der Waals surface area contributed by atoms with Crippen molar-refractivity contribution in [1.82, 2.24) is 4.90 Å². The van der Waals surface area contributed by atoms with Gasteiger partial charge in [0.15, 0.2) is 11.6 Å². The third-order valence-electron chi connectivity index (χ3n) is 7.62. The Hall–Kier alpha value is -3.04. The van der Waals surface area contributed by atoms with E-state index in [4.69, 9.17) is 0 Å². The van der Waals surface area contributed by atoms with E-state index >= 15 is 0 Å². The monoisotopic (exact) mass is 393 g/mol. The lowest BCUT2D eigenvalue weighted by Gasteiger charge is -2.65. The average molecular weight is 393 g/mol. The van der Waals surface area contributed by atoms with Crippen LogP contribution in [-0.4, -0.2) is 36.1 Å². The Balaban J connectivity index is 1.66. The second-order valence-corrected chi connectivity index (χ2v) is 9.15.